The van der Waals surface area contributed by atoms with Gasteiger partial charge in [0.05, 0.1) is 6.26 Å². The summed E-state index contributed by atoms with van der Waals surface area (Å²) in [5.41, 5.74) is 0.948. The largest absolute Gasteiger partial charge is 0.469 e. The van der Waals surface area contributed by atoms with E-state index in [9.17, 15) is 9.59 Å². The Bertz CT molecular complexity index is 648. The van der Waals surface area contributed by atoms with Crippen molar-refractivity contribution >= 4 is 33.5 Å². The smallest absolute Gasteiger partial charge is 0.342 e. The van der Waals surface area contributed by atoms with Crippen LogP contribution in [0, 0.1) is 6.92 Å². The Morgan fingerprint density at radius 1 is 1.24 bits per heavy atom. The number of amides is 1. The zero-order valence-electron chi connectivity index (χ0n) is 11.6. The van der Waals surface area contributed by atoms with Gasteiger partial charge in [-0.2, -0.15) is 0 Å². The number of aryl methyl sites for hydroxylation is 1. The van der Waals surface area contributed by atoms with Crippen LogP contribution in [0.15, 0.2) is 45.5 Å². The minimum atomic E-state index is -0.907. The lowest BCUT2D eigenvalue weighted by Gasteiger charge is -2.13. The Labute approximate surface area is 130 Å². The van der Waals surface area contributed by atoms with Crippen LogP contribution in [0.2, 0.25) is 0 Å². The van der Waals surface area contributed by atoms with E-state index < -0.39 is 18.0 Å². The third-order valence-electron chi connectivity index (χ3n) is 2.84. The van der Waals surface area contributed by atoms with E-state index >= 15 is 0 Å². The molecule has 0 aliphatic carbocycles. The fourth-order valence-corrected chi connectivity index (χ4v) is 1.92. The van der Waals surface area contributed by atoms with E-state index in [0.717, 1.165) is 4.47 Å². The second-order valence-corrected chi connectivity index (χ2v) is 5.35. The van der Waals surface area contributed by atoms with E-state index in [4.69, 9.17) is 9.15 Å². The third kappa shape index (κ3) is 3.95. The van der Waals surface area contributed by atoms with Crippen molar-refractivity contribution in [2.75, 3.05) is 5.32 Å². The number of esters is 1. The van der Waals surface area contributed by atoms with Crippen molar-refractivity contribution in [3.05, 3.63) is 52.4 Å². The molecule has 1 unspecified atom stereocenters. The van der Waals surface area contributed by atoms with Crippen molar-refractivity contribution in [2.24, 2.45) is 0 Å². The molecule has 0 radical (unpaired) electrons. The number of furan rings is 1. The molecule has 21 heavy (non-hydrogen) atoms. The first-order chi connectivity index (χ1) is 9.97. The van der Waals surface area contributed by atoms with Gasteiger partial charge in [0, 0.05) is 10.2 Å². The molecule has 1 N–H and O–H groups in total. The van der Waals surface area contributed by atoms with E-state index in [0.29, 0.717) is 17.0 Å². The molecule has 1 heterocycles. The zero-order valence-corrected chi connectivity index (χ0v) is 13.1. The molecule has 0 bridgehead atoms. The summed E-state index contributed by atoms with van der Waals surface area (Å²) in [7, 11) is 0. The fraction of sp³-hybridized carbons (Fsp3) is 0.200. The van der Waals surface area contributed by atoms with E-state index in [1.165, 1.54) is 19.3 Å². The molecule has 2 aromatic rings. The highest BCUT2D eigenvalue weighted by Crippen LogP contribution is 2.15. The maximum atomic E-state index is 12.0. The number of rotatable bonds is 4. The van der Waals surface area contributed by atoms with Gasteiger partial charge in [0.2, 0.25) is 0 Å². The van der Waals surface area contributed by atoms with Gasteiger partial charge in [-0.15, -0.1) is 0 Å². The number of benzene rings is 1. The Hall–Kier alpha value is -2.08. The molecule has 1 amide bonds. The van der Waals surface area contributed by atoms with Crippen LogP contribution in [0.1, 0.15) is 23.0 Å². The predicted molar refractivity (Wildman–Crippen MR) is 81.1 cm³/mol. The summed E-state index contributed by atoms with van der Waals surface area (Å²) < 4.78 is 11.1. The second-order valence-electron chi connectivity index (χ2n) is 4.43. The first kappa shape index (κ1) is 15.3. The minimum absolute atomic E-state index is 0.318. The SMILES string of the molecule is Cc1occc1C(=O)OC(C)C(=O)Nc1ccc(Br)cc1. The molecular weight excluding hydrogens is 338 g/mol. The average molecular weight is 352 g/mol. The van der Waals surface area contributed by atoms with Crippen molar-refractivity contribution in [1.29, 1.82) is 0 Å². The minimum Gasteiger partial charge on any atom is -0.469 e. The first-order valence-electron chi connectivity index (χ1n) is 6.29. The van der Waals surface area contributed by atoms with Gasteiger partial charge in [0.25, 0.3) is 5.91 Å². The van der Waals surface area contributed by atoms with Gasteiger partial charge in [0.15, 0.2) is 6.10 Å². The van der Waals surface area contributed by atoms with Crippen molar-refractivity contribution in [3.8, 4) is 0 Å². The number of halogens is 1. The van der Waals surface area contributed by atoms with Crippen LogP contribution in [0.25, 0.3) is 0 Å². The summed E-state index contributed by atoms with van der Waals surface area (Å²) in [4.78, 5) is 23.8. The van der Waals surface area contributed by atoms with E-state index in [-0.39, 0.29) is 0 Å². The lowest BCUT2D eigenvalue weighted by molar-refractivity contribution is -0.123. The first-order valence-corrected chi connectivity index (χ1v) is 7.08. The number of carbonyl (C=O) groups is 2. The molecule has 0 spiro atoms. The van der Waals surface area contributed by atoms with Gasteiger partial charge >= 0.3 is 5.97 Å². The molecule has 5 nitrogen and oxygen atoms in total. The lowest BCUT2D eigenvalue weighted by Crippen LogP contribution is -2.30. The highest BCUT2D eigenvalue weighted by Gasteiger charge is 2.21. The third-order valence-corrected chi connectivity index (χ3v) is 3.37. The summed E-state index contributed by atoms with van der Waals surface area (Å²) in [6.07, 6.45) is 0.494. The average Bonchev–Trinajstić information content (AvgIpc) is 2.87. The second kappa shape index (κ2) is 6.58. The van der Waals surface area contributed by atoms with Crippen LogP contribution in [-0.2, 0) is 9.53 Å². The van der Waals surface area contributed by atoms with Gasteiger partial charge in [-0.1, -0.05) is 15.9 Å². The predicted octanol–water partition coefficient (Wildman–Crippen LogP) is 3.53. The fourth-order valence-electron chi connectivity index (χ4n) is 1.65. The number of nitrogens with one attached hydrogen (secondary N) is 1. The van der Waals surface area contributed by atoms with Crippen molar-refractivity contribution in [2.45, 2.75) is 20.0 Å². The number of hydrogen-bond donors (Lipinski definition) is 1. The monoisotopic (exact) mass is 351 g/mol. The molecule has 0 saturated heterocycles. The highest BCUT2D eigenvalue weighted by molar-refractivity contribution is 9.10. The van der Waals surface area contributed by atoms with Crippen LogP contribution in [0.3, 0.4) is 0 Å². The summed E-state index contributed by atoms with van der Waals surface area (Å²) in [6.45, 7) is 3.17. The maximum Gasteiger partial charge on any atom is 0.342 e. The van der Waals surface area contributed by atoms with Crippen LogP contribution < -0.4 is 5.32 Å². The molecule has 1 aromatic carbocycles. The van der Waals surface area contributed by atoms with E-state index in [1.807, 2.05) is 0 Å². The molecule has 1 aromatic heterocycles. The molecular formula is C15H14BrNO4. The van der Waals surface area contributed by atoms with Gasteiger partial charge in [-0.25, -0.2) is 4.79 Å². The standard InChI is InChI=1S/C15H14BrNO4/c1-9-13(7-8-20-9)15(19)21-10(2)14(18)17-12-5-3-11(16)4-6-12/h3-8,10H,1-2H3,(H,17,18). The normalized spacial score (nSPS) is 11.8. The van der Waals surface area contributed by atoms with E-state index in [2.05, 4.69) is 21.2 Å². The van der Waals surface area contributed by atoms with Crippen LogP contribution in [-0.4, -0.2) is 18.0 Å². The summed E-state index contributed by atoms with van der Waals surface area (Å²) in [5, 5.41) is 2.67. The van der Waals surface area contributed by atoms with Crippen molar-refractivity contribution < 1.29 is 18.7 Å². The zero-order chi connectivity index (χ0) is 15.4. The number of ether oxygens (including phenoxy) is 1. The maximum absolute atomic E-state index is 12.0. The molecule has 2 rings (SSSR count). The molecule has 0 aliphatic rings. The molecule has 110 valence electrons. The Morgan fingerprint density at radius 3 is 2.48 bits per heavy atom. The molecule has 6 heteroatoms. The Balaban J connectivity index is 1.95. The Morgan fingerprint density at radius 2 is 1.90 bits per heavy atom. The number of anilines is 1. The Kier molecular flexibility index (Phi) is 4.80. The molecule has 0 fully saturated rings. The van der Waals surface area contributed by atoms with Crippen LogP contribution >= 0.6 is 15.9 Å². The molecule has 1 atom stereocenters. The summed E-state index contributed by atoms with van der Waals surface area (Å²) in [5.74, 6) is -0.521. The van der Waals surface area contributed by atoms with Crippen LogP contribution in [0.4, 0.5) is 5.69 Å². The van der Waals surface area contributed by atoms with Crippen molar-refractivity contribution in [3.63, 3.8) is 0 Å². The summed E-state index contributed by atoms with van der Waals surface area (Å²) in [6, 6.07) is 8.62. The van der Waals surface area contributed by atoms with Crippen molar-refractivity contribution in [1.82, 2.24) is 0 Å². The van der Waals surface area contributed by atoms with Gasteiger partial charge in [0.1, 0.15) is 11.3 Å². The number of carbonyl (C=O) groups excluding carboxylic acids is 2. The lowest BCUT2D eigenvalue weighted by atomic mass is 10.2. The summed E-state index contributed by atoms with van der Waals surface area (Å²) >= 11 is 3.31. The quantitative estimate of drug-likeness (QED) is 0.855. The van der Waals surface area contributed by atoms with E-state index in [1.54, 1.807) is 31.2 Å². The van der Waals surface area contributed by atoms with Gasteiger partial charge < -0.3 is 14.5 Å². The molecule has 0 aliphatic heterocycles. The topological polar surface area (TPSA) is 68.5 Å². The van der Waals surface area contributed by atoms with Gasteiger partial charge in [-0.3, -0.25) is 4.79 Å². The molecule has 0 saturated carbocycles. The number of hydrogen-bond acceptors (Lipinski definition) is 4. The highest BCUT2D eigenvalue weighted by atomic mass is 79.9. The van der Waals surface area contributed by atoms with Crippen LogP contribution in [0.5, 0.6) is 0 Å². The van der Waals surface area contributed by atoms with Gasteiger partial charge in [-0.05, 0) is 44.2 Å².